The third kappa shape index (κ3) is 5.77. The first-order chi connectivity index (χ1) is 19.8. The van der Waals surface area contributed by atoms with Gasteiger partial charge in [-0.3, -0.25) is 9.59 Å². The zero-order valence-electron chi connectivity index (χ0n) is 23.5. The number of nitrogens with zero attached hydrogens (tertiary/aromatic N) is 1. The molecule has 0 atom stereocenters. The molecule has 0 amide bonds. The van der Waals surface area contributed by atoms with E-state index in [1.54, 1.807) is 52.7 Å². The first kappa shape index (κ1) is 27.5. The van der Waals surface area contributed by atoms with Crippen LogP contribution >= 0.6 is 0 Å². The quantitative estimate of drug-likeness (QED) is 0.311. The number of ether oxygens (including phenoxy) is 5. The van der Waals surface area contributed by atoms with Crippen LogP contribution in [0.4, 0.5) is 0 Å². The molecule has 0 bridgehead atoms. The number of rotatable bonds is 8. The molecular weight excluding hydrogens is 522 g/mol. The average molecular weight is 553 g/mol. The average Bonchev–Trinajstić information content (AvgIpc) is 3.02. The molecule has 208 valence electrons. The molecule has 0 radical (unpaired) electrons. The van der Waals surface area contributed by atoms with Gasteiger partial charge in [-0.15, -0.1) is 0 Å². The molecule has 0 unspecified atom stereocenters. The minimum Gasteiger partial charge on any atom is -0.497 e. The molecule has 8 nitrogen and oxygen atoms in total. The molecule has 0 aliphatic carbocycles. The van der Waals surface area contributed by atoms with E-state index in [0.29, 0.717) is 45.6 Å². The van der Waals surface area contributed by atoms with Gasteiger partial charge in [0.1, 0.15) is 41.6 Å². The van der Waals surface area contributed by atoms with Crippen molar-refractivity contribution >= 4 is 23.7 Å². The van der Waals surface area contributed by atoms with E-state index < -0.39 is 5.92 Å². The topological polar surface area (TPSA) is 84.2 Å². The third-order valence-electron chi connectivity index (χ3n) is 6.83. The van der Waals surface area contributed by atoms with Crippen molar-refractivity contribution in [3.8, 4) is 23.0 Å². The summed E-state index contributed by atoms with van der Waals surface area (Å²) < 4.78 is 30.1. The molecule has 0 spiro atoms. The Bertz CT molecular complexity index is 1710. The van der Waals surface area contributed by atoms with E-state index in [9.17, 15) is 9.59 Å². The highest BCUT2D eigenvalue weighted by molar-refractivity contribution is 5.76. The van der Waals surface area contributed by atoms with Gasteiger partial charge in [0, 0.05) is 41.3 Å². The van der Waals surface area contributed by atoms with Crippen LogP contribution in [0.1, 0.15) is 16.7 Å². The number of methoxy groups -OCH3 is 4. The Kier molecular flexibility index (Phi) is 7.74. The summed E-state index contributed by atoms with van der Waals surface area (Å²) in [7, 11) is 8.19. The van der Waals surface area contributed by atoms with Gasteiger partial charge in [0.25, 0.3) is 0 Å². The maximum absolute atomic E-state index is 13.1. The molecule has 0 fully saturated rings. The van der Waals surface area contributed by atoms with Crippen LogP contribution in [0.5, 0.6) is 23.0 Å². The number of aromatic nitrogens is 1. The monoisotopic (exact) mass is 552 g/mol. The van der Waals surface area contributed by atoms with Crippen LogP contribution in [0.25, 0.3) is 23.7 Å². The molecule has 0 N–H and O–H groups in total. The van der Waals surface area contributed by atoms with Crippen LogP contribution in [0.3, 0.4) is 0 Å². The molecule has 1 aliphatic heterocycles. The summed E-state index contributed by atoms with van der Waals surface area (Å²) in [6.45, 7) is 0. The predicted octanol–water partition coefficient (Wildman–Crippen LogP) is 2.48. The van der Waals surface area contributed by atoms with E-state index in [4.69, 9.17) is 23.7 Å². The summed E-state index contributed by atoms with van der Waals surface area (Å²) in [5, 5.41) is 0.308. The molecule has 2 heterocycles. The number of benzene rings is 2. The smallest absolute Gasteiger partial charge is 0.200 e. The standard InChI is InChI=1S/C33H30NO7/c1-34-8-6-20(7-9-34)10-28-32(35)29(33(28)36)11-21-12-30(22-14-24(37-2)18-25(15-22)38-3)41-31(13-21)23-16-26(39-4)19-27(17-23)40-5/h6-19,21H,1-5H3/q+1. The maximum Gasteiger partial charge on any atom is 0.200 e. The van der Waals surface area contributed by atoms with Crippen molar-refractivity contribution < 1.29 is 28.3 Å². The van der Waals surface area contributed by atoms with E-state index in [1.807, 2.05) is 72.6 Å². The van der Waals surface area contributed by atoms with Crippen LogP contribution in [-0.2, 0) is 11.8 Å². The van der Waals surface area contributed by atoms with Gasteiger partial charge in [-0.05, 0) is 48.1 Å². The zero-order valence-corrected chi connectivity index (χ0v) is 23.5. The Hall–Kier alpha value is -5.11. The Morgan fingerprint density at radius 1 is 0.683 bits per heavy atom. The molecule has 0 saturated heterocycles. The maximum atomic E-state index is 13.1. The summed E-state index contributed by atoms with van der Waals surface area (Å²) in [4.78, 5) is 26.1. The molecule has 8 heteroatoms. The fourth-order valence-electron chi connectivity index (χ4n) is 4.57. The van der Waals surface area contributed by atoms with Gasteiger partial charge in [-0.1, -0.05) is 6.08 Å². The molecule has 4 aromatic rings. The first-order valence-electron chi connectivity index (χ1n) is 12.9. The summed E-state index contributed by atoms with van der Waals surface area (Å²) in [6.07, 6.45) is 10.7. The molecule has 41 heavy (non-hydrogen) atoms. The fourth-order valence-corrected chi connectivity index (χ4v) is 4.57. The number of hydrogen-bond donors (Lipinski definition) is 0. The van der Waals surface area contributed by atoms with E-state index >= 15 is 0 Å². The highest BCUT2D eigenvalue weighted by atomic mass is 16.5. The van der Waals surface area contributed by atoms with E-state index in [1.165, 1.54) is 0 Å². The Morgan fingerprint density at radius 2 is 1.12 bits per heavy atom. The molecular formula is C33H30NO7+. The minimum absolute atomic E-state index is 0.141. The van der Waals surface area contributed by atoms with Crippen molar-refractivity contribution in [1.29, 1.82) is 0 Å². The van der Waals surface area contributed by atoms with Crippen molar-refractivity contribution in [1.82, 2.24) is 0 Å². The summed E-state index contributed by atoms with van der Waals surface area (Å²) in [5.41, 5.74) is 1.62. The van der Waals surface area contributed by atoms with Gasteiger partial charge in [0.05, 0.1) is 38.9 Å². The highest BCUT2D eigenvalue weighted by Crippen LogP contribution is 2.37. The van der Waals surface area contributed by atoms with Gasteiger partial charge >= 0.3 is 0 Å². The lowest BCUT2D eigenvalue weighted by Crippen LogP contribution is -2.64. The minimum atomic E-state index is -0.427. The van der Waals surface area contributed by atoms with Gasteiger partial charge in [0.15, 0.2) is 12.4 Å². The second-order valence-corrected chi connectivity index (χ2v) is 9.54. The Balaban J connectivity index is 1.63. The van der Waals surface area contributed by atoms with Gasteiger partial charge < -0.3 is 23.7 Å². The van der Waals surface area contributed by atoms with Gasteiger partial charge in [-0.2, -0.15) is 0 Å². The zero-order chi connectivity index (χ0) is 29.1. The lowest BCUT2D eigenvalue weighted by atomic mass is 9.97. The number of hydrogen-bond acceptors (Lipinski definition) is 7. The summed E-state index contributed by atoms with van der Waals surface area (Å²) in [6, 6.07) is 14.5. The fraction of sp³-hybridized carbons (Fsp3) is 0.182. The van der Waals surface area contributed by atoms with Gasteiger partial charge in [-0.25, -0.2) is 4.57 Å². The molecule has 1 aliphatic rings. The number of allylic oxidation sites excluding steroid dienone is 2. The van der Waals surface area contributed by atoms with Crippen LogP contribution < -0.4 is 44.8 Å². The first-order valence-corrected chi connectivity index (χ1v) is 12.9. The van der Waals surface area contributed by atoms with Crippen molar-refractivity contribution in [2.45, 2.75) is 0 Å². The molecule has 3 aromatic carbocycles. The lowest BCUT2D eigenvalue weighted by molar-refractivity contribution is -0.671. The largest absolute Gasteiger partial charge is 0.497 e. The second kappa shape index (κ2) is 11.6. The van der Waals surface area contributed by atoms with Crippen LogP contribution in [-0.4, -0.2) is 28.4 Å². The van der Waals surface area contributed by atoms with Crippen LogP contribution in [0, 0.1) is 5.92 Å². The van der Waals surface area contributed by atoms with E-state index in [0.717, 1.165) is 5.56 Å². The van der Waals surface area contributed by atoms with Gasteiger partial charge in [0.2, 0.25) is 10.9 Å². The Morgan fingerprint density at radius 3 is 1.54 bits per heavy atom. The third-order valence-corrected chi connectivity index (χ3v) is 6.83. The van der Waals surface area contributed by atoms with Crippen LogP contribution in [0.15, 0.2) is 82.7 Å². The van der Waals surface area contributed by atoms with Crippen molar-refractivity contribution in [3.05, 3.63) is 121 Å². The molecule has 1 aromatic heterocycles. The predicted molar refractivity (Wildman–Crippen MR) is 156 cm³/mol. The van der Waals surface area contributed by atoms with Crippen molar-refractivity contribution in [2.24, 2.45) is 13.0 Å². The van der Waals surface area contributed by atoms with E-state index in [2.05, 4.69) is 0 Å². The van der Waals surface area contributed by atoms with Crippen LogP contribution in [0.2, 0.25) is 0 Å². The second-order valence-electron chi connectivity index (χ2n) is 9.54. The van der Waals surface area contributed by atoms with Crippen molar-refractivity contribution in [3.63, 3.8) is 0 Å². The number of pyridine rings is 1. The highest BCUT2D eigenvalue weighted by Gasteiger charge is 2.21. The van der Waals surface area contributed by atoms with Crippen molar-refractivity contribution in [2.75, 3.05) is 28.4 Å². The summed E-state index contributed by atoms with van der Waals surface area (Å²) >= 11 is 0. The Labute approximate surface area is 237 Å². The normalized spacial score (nSPS) is 13.1. The summed E-state index contributed by atoms with van der Waals surface area (Å²) in [5.74, 6) is 2.95. The SMILES string of the molecule is COc1cc(OC)cc(C2=CC(C=c3c(=O)c(=Cc4cc[n+](C)cc4)c3=O)C=C(c3cc(OC)cc(OC)c3)O2)c1. The number of aryl methyl sites for hydroxylation is 1. The molecule has 5 rings (SSSR count). The molecule has 0 saturated carbocycles. The van der Waals surface area contributed by atoms with E-state index in [-0.39, 0.29) is 21.3 Å². The lowest BCUT2D eigenvalue weighted by Gasteiger charge is -2.22.